The summed E-state index contributed by atoms with van der Waals surface area (Å²) in [6.45, 7) is 3.56. The van der Waals surface area contributed by atoms with Crippen LogP contribution in [-0.2, 0) is 23.1 Å². The van der Waals surface area contributed by atoms with Crippen molar-refractivity contribution in [2.45, 2.75) is 25.1 Å². The van der Waals surface area contributed by atoms with Crippen molar-refractivity contribution in [3.05, 3.63) is 48.0 Å². The first-order valence-electron chi connectivity index (χ1n) is 6.68. The smallest absolute Gasteiger partial charge is 0.276 e. The van der Waals surface area contributed by atoms with E-state index in [4.69, 9.17) is 4.42 Å². The van der Waals surface area contributed by atoms with Crippen LogP contribution in [-0.4, -0.2) is 31.3 Å². The van der Waals surface area contributed by atoms with E-state index in [2.05, 4.69) is 10.3 Å². The summed E-state index contributed by atoms with van der Waals surface area (Å²) in [4.78, 5) is 3.91. The van der Waals surface area contributed by atoms with Gasteiger partial charge < -0.3 is 9.73 Å². The van der Waals surface area contributed by atoms with E-state index in [0.717, 1.165) is 12.1 Å². The number of rotatable bonds is 7. The molecule has 1 N–H and O–H groups in total. The van der Waals surface area contributed by atoms with Gasteiger partial charge in [0.25, 0.3) is 10.0 Å². The molecular formula is C14H19N3O3S. The maximum absolute atomic E-state index is 12.4. The molecule has 21 heavy (non-hydrogen) atoms. The first-order chi connectivity index (χ1) is 10.0. The van der Waals surface area contributed by atoms with Crippen LogP contribution < -0.4 is 5.32 Å². The third kappa shape index (κ3) is 3.90. The third-order valence-electron chi connectivity index (χ3n) is 3.01. The lowest BCUT2D eigenvalue weighted by Crippen LogP contribution is -2.26. The lowest BCUT2D eigenvalue weighted by Gasteiger charge is -2.15. The fraction of sp³-hybridized carbons (Fsp3) is 0.357. The van der Waals surface area contributed by atoms with Crippen LogP contribution in [0.2, 0.25) is 0 Å². The van der Waals surface area contributed by atoms with Crippen molar-refractivity contribution in [1.29, 1.82) is 0 Å². The zero-order valence-corrected chi connectivity index (χ0v) is 12.9. The number of nitrogens with zero attached hydrogens (tertiary/aromatic N) is 2. The van der Waals surface area contributed by atoms with E-state index in [1.54, 1.807) is 30.6 Å². The third-order valence-corrected chi connectivity index (χ3v) is 4.68. The number of hydrogen-bond acceptors (Lipinski definition) is 5. The molecule has 0 aliphatic rings. The molecular weight excluding hydrogens is 290 g/mol. The Kier molecular flexibility index (Phi) is 5.11. The summed E-state index contributed by atoms with van der Waals surface area (Å²) >= 11 is 0. The second-order valence-electron chi connectivity index (χ2n) is 4.62. The molecule has 0 amide bonds. The predicted molar refractivity (Wildman–Crippen MR) is 79.0 cm³/mol. The Morgan fingerprint density at radius 2 is 1.95 bits per heavy atom. The predicted octanol–water partition coefficient (Wildman–Crippen LogP) is 1.60. The first-order valence-corrected chi connectivity index (χ1v) is 8.12. The van der Waals surface area contributed by atoms with Crippen LogP contribution >= 0.6 is 0 Å². The fourth-order valence-corrected chi connectivity index (χ4v) is 2.90. The van der Waals surface area contributed by atoms with Gasteiger partial charge in [-0.05, 0) is 36.4 Å². The zero-order valence-electron chi connectivity index (χ0n) is 12.1. The minimum Gasteiger partial charge on any atom is -0.447 e. The second-order valence-corrected chi connectivity index (χ2v) is 6.59. The number of aromatic nitrogens is 1. The molecule has 6 nitrogen and oxygen atoms in total. The van der Waals surface area contributed by atoms with Crippen molar-refractivity contribution < 1.29 is 12.8 Å². The summed E-state index contributed by atoms with van der Waals surface area (Å²) in [7, 11) is -2.09. The molecule has 0 aromatic carbocycles. The monoisotopic (exact) mass is 309 g/mol. The quantitative estimate of drug-likeness (QED) is 0.841. The van der Waals surface area contributed by atoms with Crippen molar-refractivity contribution in [3.63, 3.8) is 0 Å². The van der Waals surface area contributed by atoms with Crippen molar-refractivity contribution in [1.82, 2.24) is 14.6 Å². The molecule has 0 atom stereocenters. The van der Waals surface area contributed by atoms with Crippen LogP contribution in [0.4, 0.5) is 0 Å². The molecule has 2 aromatic rings. The van der Waals surface area contributed by atoms with E-state index in [1.807, 2.05) is 6.92 Å². The van der Waals surface area contributed by atoms with E-state index in [1.165, 1.54) is 17.4 Å². The lowest BCUT2D eigenvalue weighted by atomic mass is 10.3. The zero-order chi connectivity index (χ0) is 15.3. The van der Waals surface area contributed by atoms with Crippen LogP contribution in [0.5, 0.6) is 0 Å². The molecule has 2 aromatic heterocycles. The number of hydrogen-bond donors (Lipinski definition) is 1. The molecule has 0 unspecified atom stereocenters. The van der Waals surface area contributed by atoms with Gasteiger partial charge in [0.1, 0.15) is 5.76 Å². The van der Waals surface area contributed by atoms with Gasteiger partial charge in [0.15, 0.2) is 0 Å². The van der Waals surface area contributed by atoms with Crippen molar-refractivity contribution in [2.24, 2.45) is 0 Å². The Balaban J connectivity index is 2.11. The Hall–Kier alpha value is -1.70. The largest absolute Gasteiger partial charge is 0.447 e. The first kappa shape index (κ1) is 15.7. The minimum absolute atomic E-state index is 0.0352. The van der Waals surface area contributed by atoms with Gasteiger partial charge in [0.05, 0.1) is 6.54 Å². The summed E-state index contributed by atoms with van der Waals surface area (Å²) in [6.07, 6.45) is 3.27. The van der Waals surface area contributed by atoms with E-state index in [9.17, 15) is 8.42 Å². The standard InChI is InChI=1S/C14H19N3O3S/c1-3-15-10-13-4-5-14(20-13)21(18,19)17(2)11-12-6-8-16-9-7-12/h4-9,15H,3,10-11H2,1-2H3. The summed E-state index contributed by atoms with van der Waals surface area (Å²) in [5.41, 5.74) is 0.871. The summed E-state index contributed by atoms with van der Waals surface area (Å²) in [5.74, 6) is 0.604. The van der Waals surface area contributed by atoms with Gasteiger partial charge in [0.2, 0.25) is 5.09 Å². The Bertz CT molecular complexity index is 668. The van der Waals surface area contributed by atoms with E-state index in [0.29, 0.717) is 12.3 Å². The average molecular weight is 309 g/mol. The van der Waals surface area contributed by atoms with Gasteiger partial charge in [-0.2, -0.15) is 4.31 Å². The molecule has 0 aliphatic carbocycles. The number of pyridine rings is 1. The van der Waals surface area contributed by atoms with Crippen molar-refractivity contribution >= 4 is 10.0 Å². The summed E-state index contributed by atoms with van der Waals surface area (Å²) in [5, 5.41) is 3.05. The van der Waals surface area contributed by atoms with Crippen LogP contribution in [0.15, 0.2) is 46.2 Å². The summed E-state index contributed by atoms with van der Waals surface area (Å²) in [6, 6.07) is 6.73. The highest BCUT2D eigenvalue weighted by molar-refractivity contribution is 7.88. The number of nitrogens with one attached hydrogen (secondary N) is 1. The van der Waals surface area contributed by atoms with E-state index < -0.39 is 10.0 Å². The number of furan rings is 1. The molecule has 0 spiro atoms. The normalized spacial score (nSPS) is 12.0. The molecule has 2 heterocycles. The maximum atomic E-state index is 12.4. The SMILES string of the molecule is CCNCc1ccc(S(=O)(=O)N(C)Cc2ccncc2)o1. The highest BCUT2D eigenvalue weighted by atomic mass is 32.2. The Morgan fingerprint density at radius 3 is 2.62 bits per heavy atom. The van der Waals surface area contributed by atoms with Crippen LogP contribution in [0.25, 0.3) is 0 Å². The van der Waals surface area contributed by atoms with Gasteiger partial charge in [0, 0.05) is 26.0 Å². The molecule has 0 saturated heterocycles. The van der Waals surface area contributed by atoms with E-state index >= 15 is 0 Å². The second kappa shape index (κ2) is 6.84. The molecule has 0 saturated carbocycles. The molecule has 0 radical (unpaired) electrons. The van der Waals surface area contributed by atoms with Gasteiger partial charge in [-0.1, -0.05) is 6.92 Å². The molecule has 114 valence electrons. The highest BCUT2D eigenvalue weighted by Crippen LogP contribution is 2.19. The number of sulfonamides is 1. The lowest BCUT2D eigenvalue weighted by molar-refractivity contribution is 0.380. The van der Waals surface area contributed by atoms with Gasteiger partial charge in [-0.3, -0.25) is 4.98 Å². The van der Waals surface area contributed by atoms with Gasteiger partial charge >= 0.3 is 0 Å². The molecule has 7 heteroatoms. The van der Waals surface area contributed by atoms with Crippen molar-refractivity contribution in [3.8, 4) is 0 Å². The molecule has 0 bridgehead atoms. The summed E-state index contributed by atoms with van der Waals surface area (Å²) < 4.78 is 31.5. The maximum Gasteiger partial charge on any atom is 0.276 e. The van der Waals surface area contributed by atoms with Crippen LogP contribution in [0.3, 0.4) is 0 Å². The Morgan fingerprint density at radius 1 is 1.24 bits per heavy atom. The van der Waals surface area contributed by atoms with Crippen molar-refractivity contribution in [2.75, 3.05) is 13.6 Å². The highest BCUT2D eigenvalue weighted by Gasteiger charge is 2.24. The topological polar surface area (TPSA) is 75.4 Å². The van der Waals surface area contributed by atoms with Gasteiger partial charge in [-0.25, -0.2) is 8.42 Å². The van der Waals surface area contributed by atoms with Crippen LogP contribution in [0.1, 0.15) is 18.2 Å². The molecule has 2 rings (SSSR count). The Labute approximate surface area is 124 Å². The fourth-order valence-electron chi connectivity index (χ4n) is 1.82. The minimum atomic E-state index is -3.62. The van der Waals surface area contributed by atoms with E-state index in [-0.39, 0.29) is 11.6 Å². The van der Waals surface area contributed by atoms with Crippen LogP contribution in [0, 0.1) is 0 Å². The molecule has 0 aliphatic heterocycles. The molecule has 0 fully saturated rings. The average Bonchev–Trinajstić information content (AvgIpc) is 2.95. The van der Waals surface area contributed by atoms with Gasteiger partial charge in [-0.15, -0.1) is 0 Å².